The number of hydrogen-bond acceptors (Lipinski definition) is 3. The van der Waals surface area contributed by atoms with Gasteiger partial charge in [0, 0.05) is 4.90 Å². The van der Waals surface area contributed by atoms with E-state index >= 15 is 0 Å². The lowest BCUT2D eigenvalue weighted by Crippen LogP contribution is -2.07. The Morgan fingerprint density at radius 2 is 2.43 bits per heavy atom. The Balaban J connectivity index is 2.17. The van der Waals surface area contributed by atoms with Crippen LogP contribution in [-0.2, 0) is 6.42 Å². The number of rotatable bonds is 2. The summed E-state index contributed by atoms with van der Waals surface area (Å²) in [5, 5.41) is 8.47. The lowest BCUT2D eigenvalue weighted by Gasteiger charge is -2.17. The van der Waals surface area contributed by atoms with E-state index in [-0.39, 0.29) is 0 Å². The number of nitrogens with zero attached hydrogens (tertiary/aromatic N) is 1. The summed E-state index contributed by atoms with van der Waals surface area (Å²) in [5.74, 6) is 1.53. The van der Waals surface area contributed by atoms with Gasteiger partial charge in [0.15, 0.2) is 0 Å². The van der Waals surface area contributed by atoms with Crippen LogP contribution < -0.4 is 4.74 Å². The molecule has 0 radical (unpaired) electrons. The van der Waals surface area contributed by atoms with E-state index in [9.17, 15) is 0 Å². The Kier molecular flexibility index (Phi) is 2.95. The van der Waals surface area contributed by atoms with E-state index in [0.29, 0.717) is 5.75 Å². The van der Waals surface area contributed by atoms with Gasteiger partial charge >= 0.3 is 0 Å². The van der Waals surface area contributed by atoms with E-state index in [2.05, 4.69) is 12.1 Å². The number of thioether (sulfide) groups is 1. The molecule has 1 aromatic rings. The maximum Gasteiger partial charge on any atom is 0.122 e. The van der Waals surface area contributed by atoms with Crippen LogP contribution in [0.1, 0.15) is 12.0 Å². The van der Waals surface area contributed by atoms with Gasteiger partial charge in [0.1, 0.15) is 5.75 Å². The Labute approximate surface area is 87.9 Å². The number of aryl methyl sites for hydroxylation is 1. The molecule has 0 bridgehead atoms. The summed E-state index contributed by atoms with van der Waals surface area (Å²) in [6, 6.07) is 8.29. The van der Waals surface area contributed by atoms with Gasteiger partial charge in [-0.1, -0.05) is 0 Å². The summed E-state index contributed by atoms with van der Waals surface area (Å²) in [5.41, 5.74) is 1.28. The molecule has 0 N–H and O–H groups in total. The van der Waals surface area contributed by atoms with Crippen LogP contribution in [0, 0.1) is 11.3 Å². The van der Waals surface area contributed by atoms with Crippen molar-refractivity contribution in [3.05, 3.63) is 23.8 Å². The van der Waals surface area contributed by atoms with Crippen molar-refractivity contribution in [3.63, 3.8) is 0 Å². The number of ether oxygens (including phenoxy) is 1. The molecule has 2 rings (SSSR count). The van der Waals surface area contributed by atoms with Gasteiger partial charge in [0.2, 0.25) is 0 Å². The van der Waals surface area contributed by atoms with Crippen LogP contribution in [0.25, 0.3) is 0 Å². The Hall–Kier alpha value is -1.14. The second-order valence-corrected chi connectivity index (χ2v) is 4.22. The number of hydrogen-bond donors (Lipinski definition) is 0. The Morgan fingerprint density at radius 1 is 1.50 bits per heavy atom. The van der Waals surface area contributed by atoms with E-state index in [0.717, 1.165) is 30.1 Å². The zero-order valence-corrected chi connectivity index (χ0v) is 8.64. The SMILES string of the molecule is N#CCSc1ccc2c(c1)CCCO2. The fraction of sp³-hybridized carbons (Fsp3) is 0.364. The molecule has 0 amide bonds. The van der Waals surface area contributed by atoms with Crippen molar-refractivity contribution in [2.75, 3.05) is 12.4 Å². The highest BCUT2D eigenvalue weighted by Crippen LogP contribution is 2.29. The van der Waals surface area contributed by atoms with Gasteiger partial charge in [-0.25, -0.2) is 0 Å². The predicted octanol–water partition coefficient (Wildman–Crippen LogP) is 2.63. The van der Waals surface area contributed by atoms with E-state index < -0.39 is 0 Å². The number of fused-ring (bicyclic) bond motifs is 1. The molecule has 1 aromatic carbocycles. The molecule has 0 aromatic heterocycles. The maximum atomic E-state index is 8.47. The third-order valence-electron chi connectivity index (χ3n) is 2.18. The summed E-state index contributed by atoms with van der Waals surface area (Å²) in [6.45, 7) is 0.831. The first kappa shape index (κ1) is 9.42. The smallest absolute Gasteiger partial charge is 0.122 e. The zero-order chi connectivity index (χ0) is 9.80. The van der Waals surface area contributed by atoms with Gasteiger partial charge < -0.3 is 4.74 Å². The van der Waals surface area contributed by atoms with Crippen LogP contribution in [0.3, 0.4) is 0 Å². The second kappa shape index (κ2) is 4.39. The van der Waals surface area contributed by atoms with Crippen molar-refractivity contribution in [2.24, 2.45) is 0 Å². The molecule has 0 spiro atoms. The van der Waals surface area contributed by atoms with Crippen LogP contribution in [-0.4, -0.2) is 12.4 Å². The minimum absolute atomic E-state index is 0.514. The fourth-order valence-corrected chi connectivity index (χ4v) is 2.16. The number of nitriles is 1. The lowest BCUT2D eigenvalue weighted by molar-refractivity contribution is 0.288. The van der Waals surface area contributed by atoms with Crippen molar-refractivity contribution < 1.29 is 4.74 Å². The lowest BCUT2D eigenvalue weighted by atomic mass is 10.1. The van der Waals surface area contributed by atoms with Gasteiger partial charge in [-0.3, -0.25) is 0 Å². The largest absolute Gasteiger partial charge is 0.493 e. The van der Waals surface area contributed by atoms with Crippen LogP contribution in [0.2, 0.25) is 0 Å². The average Bonchev–Trinajstić information content (AvgIpc) is 2.26. The van der Waals surface area contributed by atoms with Crippen molar-refractivity contribution in [2.45, 2.75) is 17.7 Å². The topological polar surface area (TPSA) is 33.0 Å². The predicted molar refractivity (Wildman–Crippen MR) is 56.6 cm³/mol. The van der Waals surface area contributed by atoms with Crippen LogP contribution in [0.15, 0.2) is 23.1 Å². The normalized spacial score (nSPS) is 13.9. The molecule has 0 saturated carbocycles. The van der Waals surface area contributed by atoms with Crippen molar-refractivity contribution in [3.8, 4) is 11.8 Å². The first-order valence-electron chi connectivity index (χ1n) is 4.65. The van der Waals surface area contributed by atoms with Gasteiger partial charge in [0.05, 0.1) is 18.4 Å². The molecule has 14 heavy (non-hydrogen) atoms. The van der Waals surface area contributed by atoms with Crippen LogP contribution in [0.5, 0.6) is 5.75 Å². The fourth-order valence-electron chi connectivity index (χ4n) is 1.54. The van der Waals surface area contributed by atoms with E-state index in [4.69, 9.17) is 10.00 Å². The van der Waals surface area contributed by atoms with Crippen LogP contribution >= 0.6 is 11.8 Å². The zero-order valence-electron chi connectivity index (χ0n) is 7.82. The first-order valence-corrected chi connectivity index (χ1v) is 5.64. The highest BCUT2D eigenvalue weighted by atomic mass is 32.2. The summed E-state index contributed by atoms with van der Waals surface area (Å²) in [7, 11) is 0. The second-order valence-electron chi connectivity index (χ2n) is 3.17. The summed E-state index contributed by atoms with van der Waals surface area (Å²) in [4.78, 5) is 1.16. The molecule has 2 nitrogen and oxygen atoms in total. The van der Waals surface area contributed by atoms with Crippen molar-refractivity contribution in [1.82, 2.24) is 0 Å². The summed E-state index contributed by atoms with van der Waals surface area (Å²) >= 11 is 1.58. The van der Waals surface area contributed by atoms with E-state index in [1.165, 1.54) is 5.56 Å². The minimum Gasteiger partial charge on any atom is -0.493 e. The molecule has 3 heteroatoms. The molecule has 0 saturated heterocycles. The first-order chi connectivity index (χ1) is 6.90. The molecule has 1 aliphatic heterocycles. The molecule has 1 aliphatic rings. The van der Waals surface area contributed by atoms with E-state index in [1.54, 1.807) is 11.8 Å². The van der Waals surface area contributed by atoms with E-state index in [1.807, 2.05) is 12.1 Å². The van der Waals surface area contributed by atoms with Crippen LogP contribution in [0.4, 0.5) is 0 Å². The van der Waals surface area contributed by atoms with Gasteiger partial charge in [0.25, 0.3) is 0 Å². The Morgan fingerprint density at radius 3 is 3.29 bits per heavy atom. The van der Waals surface area contributed by atoms with Gasteiger partial charge in [-0.15, -0.1) is 11.8 Å². The highest BCUT2D eigenvalue weighted by Gasteiger charge is 2.10. The van der Waals surface area contributed by atoms with Gasteiger partial charge in [-0.05, 0) is 36.6 Å². The summed E-state index contributed by atoms with van der Waals surface area (Å²) < 4.78 is 5.51. The molecule has 0 unspecified atom stereocenters. The quantitative estimate of drug-likeness (QED) is 0.696. The third-order valence-corrected chi connectivity index (χ3v) is 3.04. The summed E-state index contributed by atoms with van der Waals surface area (Å²) in [6.07, 6.45) is 2.19. The highest BCUT2D eigenvalue weighted by molar-refractivity contribution is 7.99. The minimum atomic E-state index is 0.514. The molecule has 0 aliphatic carbocycles. The standard InChI is InChI=1S/C11H11NOS/c12-5-7-14-10-3-4-11-9(8-10)2-1-6-13-11/h3-4,8H,1-2,6-7H2. The molecular weight excluding hydrogens is 194 g/mol. The molecule has 1 heterocycles. The van der Waals surface area contributed by atoms with Gasteiger partial charge in [-0.2, -0.15) is 5.26 Å². The third kappa shape index (κ3) is 2.02. The van der Waals surface area contributed by atoms with Crippen molar-refractivity contribution >= 4 is 11.8 Å². The molecular formula is C11H11NOS. The molecule has 0 fully saturated rings. The Bertz CT molecular complexity index is 370. The monoisotopic (exact) mass is 205 g/mol. The average molecular weight is 205 g/mol. The number of benzene rings is 1. The molecule has 72 valence electrons. The molecule has 0 atom stereocenters. The van der Waals surface area contributed by atoms with Crippen molar-refractivity contribution in [1.29, 1.82) is 5.26 Å². The maximum absolute atomic E-state index is 8.47.